The highest BCUT2D eigenvalue weighted by atomic mass is 35.5. The van der Waals surface area contributed by atoms with Gasteiger partial charge >= 0.3 is 0 Å². The van der Waals surface area contributed by atoms with Crippen LogP contribution in [0, 0.1) is 0 Å². The van der Waals surface area contributed by atoms with Crippen LogP contribution in [-0.4, -0.2) is 49.5 Å². The molecule has 1 N–H and O–H groups in total. The molecule has 0 aliphatic rings. The molecule has 0 saturated carbocycles. The molecule has 10 heteroatoms. The van der Waals surface area contributed by atoms with Crippen molar-refractivity contribution in [3.8, 4) is 0 Å². The molecule has 0 aliphatic carbocycles. The predicted molar refractivity (Wildman–Crippen MR) is 152 cm³/mol. The number of benzene rings is 2. The Bertz CT molecular complexity index is 1210. The molecule has 0 aromatic heterocycles. The number of hydrogen-bond acceptors (Lipinski definition) is 4. The number of hydrogen-bond donors (Lipinski definition) is 1. The number of carbonyl (C=O) groups is 2. The molecule has 0 heterocycles. The first-order chi connectivity index (χ1) is 16.8. The van der Waals surface area contributed by atoms with Crippen molar-refractivity contribution in [2.45, 2.75) is 72.0 Å². The summed E-state index contributed by atoms with van der Waals surface area (Å²) in [6, 6.07) is 11.1. The van der Waals surface area contributed by atoms with Gasteiger partial charge in [0.25, 0.3) is 0 Å². The van der Waals surface area contributed by atoms with Gasteiger partial charge in [-0.2, -0.15) is 0 Å². The number of rotatable bonds is 8. The number of nitrogens with zero attached hydrogens (tertiary/aromatic N) is 2. The molecular formula is C27H37Cl2N3O4S. The quantitative estimate of drug-likeness (QED) is 0.461. The van der Waals surface area contributed by atoms with Gasteiger partial charge in [-0.25, -0.2) is 8.42 Å². The van der Waals surface area contributed by atoms with Crippen LogP contribution in [0.1, 0.15) is 59.6 Å². The summed E-state index contributed by atoms with van der Waals surface area (Å²) in [5.74, 6) is -0.956. The maximum atomic E-state index is 13.7. The fourth-order valence-electron chi connectivity index (χ4n) is 3.65. The molecule has 0 aliphatic heterocycles. The lowest BCUT2D eigenvalue weighted by molar-refractivity contribution is -0.140. The van der Waals surface area contributed by atoms with E-state index in [2.05, 4.69) is 26.1 Å². The maximum absolute atomic E-state index is 13.7. The summed E-state index contributed by atoms with van der Waals surface area (Å²) >= 11 is 12.7. The predicted octanol–water partition coefficient (Wildman–Crippen LogP) is 5.39. The number of amides is 2. The van der Waals surface area contributed by atoms with Crippen LogP contribution in [0.5, 0.6) is 0 Å². The minimum Gasteiger partial charge on any atom is -0.350 e. The minimum atomic E-state index is -3.83. The molecule has 204 valence electrons. The van der Waals surface area contributed by atoms with Crippen molar-refractivity contribution in [3.05, 3.63) is 63.6 Å². The Balaban J connectivity index is 2.47. The summed E-state index contributed by atoms with van der Waals surface area (Å²) in [5, 5.41) is 3.55. The van der Waals surface area contributed by atoms with E-state index >= 15 is 0 Å². The molecule has 2 amide bonds. The highest BCUT2D eigenvalue weighted by molar-refractivity contribution is 7.92. The first kappa shape index (κ1) is 30.9. The first-order valence-corrected chi connectivity index (χ1v) is 14.5. The highest BCUT2D eigenvalue weighted by Gasteiger charge is 2.32. The van der Waals surface area contributed by atoms with Crippen LogP contribution in [0.15, 0.2) is 42.5 Å². The Labute approximate surface area is 231 Å². The Kier molecular flexibility index (Phi) is 9.72. The smallest absolute Gasteiger partial charge is 0.244 e. The number of sulfonamides is 1. The molecular weight excluding hydrogens is 533 g/mol. The monoisotopic (exact) mass is 569 g/mol. The zero-order valence-electron chi connectivity index (χ0n) is 22.7. The van der Waals surface area contributed by atoms with E-state index < -0.39 is 34.1 Å². The second-order valence-electron chi connectivity index (χ2n) is 11.2. The van der Waals surface area contributed by atoms with E-state index in [0.717, 1.165) is 16.1 Å². The van der Waals surface area contributed by atoms with Crippen LogP contribution in [0.2, 0.25) is 10.0 Å². The van der Waals surface area contributed by atoms with Gasteiger partial charge in [-0.3, -0.25) is 13.9 Å². The number of carbonyl (C=O) groups excluding carboxylic acids is 2. The second-order valence-corrected chi connectivity index (χ2v) is 13.9. The summed E-state index contributed by atoms with van der Waals surface area (Å²) in [7, 11) is -3.83. The Hall–Kier alpha value is -2.29. The third kappa shape index (κ3) is 8.62. The maximum Gasteiger partial charge on any atom is 0.244 e. The lowest BCUT2D eigenvalue weighted by atomic mass is 9.87. The molecule has 2 rings (SSSR count). The van der Waals surface area contributed by atoms with Gasteiger partial charge in [-0.15, -0.1) is 0 Å². The van der Waals surface area contributed by atoms with E-state index in [1.165, 1.54) is 4.90 Å². The zero-order valence-corrected chi connectivity index (χ0v) is 25.1. The highest BCUT2D eigenvalue weighted by Crippen LogP contribution is 2.28. The summed E-state index contributed by atoms with van der Waals surface area (Å²) in [6.45, 7) is 12.7. The van der Waals surface area contributed by atoms with Crippen LogP contribution in [0.3, 0.4) is 0 Å². The van der Waals surface area contributed by atoms with Crippen molar-refractivity contribution < 1.29 is 18.0 Å². The van der Waals surface area contributed by atoms with Crippen molar-refractivity contribution >= 4 is 50.7 Å². The summed E-state index contributed by atoms with van der Waals surface area (Å²) in [5.41, 5.74) is 1.20. The number of anilines is 1. The van der Waals surface area contributed by atoms with E-state index in [-0.39, 0.29) is 17.9 Å². The lowest BCUT2D eigenvalue weighted by Crippen LogP contribution is -2.54. The summed E-state index contributed by atoms with van der Waals surface area (Å²) < 4.78 is 26.6. The van der Waals surface area contributed by atoms with Crippen LogP contribution in [0.25, 0.3) is 0 Å². The normalized spacial score (nSPS) is 13.1. The van der Waals surface area contributed by atoms with Crippen molar-refractivity contribution in [1.82, 2.24) is 10.2 Å². The van der Waals surface area contributed by atoms with Crippen molar-refractivity contribution in [3.63, 3.8) is 0 Å². The molecule has 2 aromatic rings. The van der Waals surface area contributed by atoms with Gasteiger partial charge in [0, 0.05) is 27.7 Å². The Morgan fingerprint density at radius 1 is 0.946 bits per heavy atom. The van der Waals surface area contributed by atoms with Crippen molar-refractivity contribution in [2.75, 3.05) is 17.1 Å². The molecule has 0 fully saturated rings. The van der Waals surface area contributed by atoms with Crippen molar-refractivity contribution in [2.24, 2.45) is 0 Å². The van der Waals surface area contributed by atoms with E-state index in [0.29, 0.717) is 21.3 Å². The molecule has 37 heavy (non-hydrogen) atoms. The third-order valence-electron chi connectivity index (χ3n) is 5.76. The van der Waals surface area contributed by atoms with E-state index in [4.69, 9.17) is 23.2 Å². The second kappa shape index (κ2) is 11.6. The Morgan fingerprint density at radius 2 is 1.46 bits per heavy atom. The largest absolute Gasteiger partial charge is 0.350 e. The summed E-state index contributed by atoms with van der Waals surface area (Å²) in [6.07, 6.45) is 1.04. The topological polar surface area (TPSA) is 86.8 Å². The van der Waals surface area contributed by atoms with Gasteiger partial charge in [0.1, 0.15) is 12.6 Å². The summed E-state index contributed by atoms with van der Waals surface area (Å²) in [4.78, 5) is 28.0. The molecule has 0 radical (unpaired) electrons. The van der Waals surface area contributed by atoms with E-state index in [9.17, 15) is 18.0 Å². The average molecular weight is 571 g/mol. The standard InChI is InChI=1S/C27H37Cl2N3O4S/c1-18(25(34)30-27(5,6)7)31(16-21-22(28)10-9-11-23(21)29)24(33)17-32(37(8,35)36)20-14-12-19(13-15-20)26(2,3)4/h9-15,18H,16-17H2,1-8H3,(H,30,34)/t18-/m1/s1. The SMILES string of the molecule is C[C@H](C(=O)NC(C)(C)C)N(Cc1c(Cl)cccc1Cl)C(=O)CN(c1ccc(C(C)(C)C)cc1)S(C)(=O)=O. The molecule has 0 unspecified atom stereocenters. The van der Waals surface area contributed by atoms with Crippen LogP contribution >= 0.6 is 23.2 Å². The molecule has 7 nitrogen and oxygen atoms in total. The van der Waals surface area contributed by atoms with Gasteiger partial charge in [0.05, 0.1) is 11.9 Å². The number of halogens is 2. The van der Waals surface area contributed by atoms with Crippen LogP contribution in [0.4, 0.5) is 5.69 Å². The van der Waals surface area contributed by atoms with Gasteiger partial charge in [-0.1, -0.05) is 62.2 Å². The van der Waals surface area contributed by atoms with E-state index in [1.54, 1.807) is 37.3 Å². The molecule has 0 bridgehead atoms. The van der Waals surface area contributed by atoms with Crippen molar-refractivity contribution in [1.29, 1.82) is 0 Å². The minimum absolute atomic E-state index is 0.0728. The van der Waals surface area contributed by atoms with Crippen LogP contribution < -0.4 is 9.62 Å². The molecule has 1 atom stereocenters. The molecule has 2 aromatic carbocycles. The van der Waals surface area contributed by atoms with Gasteiger partial charge in [0.15, 0.2) is 0 Å². The zero-order chi connectivity index (χ0) is 28.3. The average Bonchev–Trinajstić information content (AvgIpc) is 2.74. The number of nitrogens with one attached hydrogen (secondary N) is 1. The van der Waals surface area contributed by atoms with Gasteiger partial charge in [0.2, 0.25) is 21.8 Å². The Morgan fingerprint density at radius 3 is 1.89 bits per heavy atom. The third-order valence-corrected chi connectivity index (χ3v) is 7.60. The van der Waals surface area contributed by atoms with E-state index in [1.807, 2.05) is 32.9 Å². The first-order valence-electron chi connectivity index (χ1n) is 11.9. The molecule has 0 saturated heterocycles. The molecule has 0 spiro atoms. The van der Waals surface area contributed by atoms with Gasteiger partial charge < -0.3 is 10.2 Å². The lowest BCUT2D eigenvalue weighted by Gasteiger charge is -2.33. The van der Waals surface area contributed by atoms with Crippen LogP contribution in [-0.2, 0) is 31.6 Å². The van der Waals surface area contributed by atoms with Gasteiger partial charge in [-0.05, 0) is 62.9 Å². The fraction of sp³-hybridized carbons (Fsp3) is 0.481. The fourth-order valence-corrected chi connectivity index (χ4v) is 5.02.